The maximum atomic E-state index is 13.1. The maximum Gasteiger partial charge on any atom is 0.151 e. The van der Waals surface area contributed by atoms with Gasteiger partial charge in [-0.3, -0.25) is 0 Å². The van der Waals surface area contributed by atoms with Crippen molar-refractivity contribution in [3.8, 4) is 0 Å². The van der Waals surface area contributed by atoms with Crippen LogP contribution in [0, 0.1) is 18.7 Å². The van der Waals surface area contributed by atoms with Crippen molar-refractivity contribution >= 4 is 20.8 Å². The van der Waals surface area contributed by atoms with Gasteiger partial charge in [0, 0.05) is 19.8 Å². The summed E-state index contributed by atoms with van der Waals surface area (Å²) in [6.45, 7) is 6.00. The summed E-state index contributed by atoms with van der Waals surface area (Å²) in [5.74, 6) is 1.15. The highest BCUT2D eigenvalue weighted by Crippen LogP contribution is 2.31. The molecule has 4 N–H and O–H groups in total. The molecule has 0 aliphatic carbocycles. The predicted molar refractivity (Wildman–Crippen MR) is 104 cm³/mol. The molecule has 0 bridgehead atoms. The summed E-state index contributed by atoms with van der Waals surface area (Å²) >= 11 is 0. The molecular formula is C18H31FN2O4S. The molecule has 2 aromatic rings. The lowest BCUT2D eigenvalue weighted by atomic mass is 9.99. The molecule has 2 heterocycles. The summed E-state index contributed by atoms with van der Waals surface area (Å²) < 4.78 is 40.5. The number of hydrogen-bond donors (Lipinski definition) is 3. The lowest BCUT2D eigenvalue weighted by Gasteiger charge is -2.19. The van der Waals surface area contributed by atoms with Crippen LogP contribution in [0.5, 0.6) is 0 Å². The van der Waals surface area contributed by atoms with Crippen molar-refractivity contribution in [2.24, 2.45) is 11.7 Å². The van der Waals surface area contributed by atoms with Gasteiger partial charge >= 0.3 is 0 Å². The van der Waals surface area contributed by atoms with Crippen molar-refractivity contribution in [1.29, 1.82) is 0 Å². The first-order chi connectivity index (χ1) is 12.1. The van der Waals surface area contributed by atoms with Crippen LogP contribution in [0.15, 0.2) is 22.6 Å². The first-order valence-corrected chi connectivity index (χ1v) is 10.5. The van der Waals surface area contributed by atoms with E-state index in [1.54, 1.807) is 6.07 Å². The Labute approximate surface area is 156 Å². The third-order valence-corrected chi connectivity index (χ3v) is 6.42. The van der Waals surface area contributed by atoms with Gasteiger partial charge in [-0.15, -0.1) is 0 Å². The number of fused-ring (bicyclic) bond motifs is 1. The van der Waals surface area contributed by atoms with E-state index in [2.05, 4.69) is 0 Å². The second-order valence-corrected chi connectivity index (χ2v) is 9.31. The van der Waals surface area contributed by atoms with Gasteiger partial charge in [-0.25, -0.2) is 18.3 Å². The number of hydroxylamine groups is 1. The quantitative estimate of drug-likeness (QED) is 0.692. The fraction of sp³-hybridized carbons (Fsp3) is 0.556. The molecule has 26 heavy (non-hydrogen) atoms. The van der Waals surface area contributed by atoms with Gasteiger partial charge in [0.05, 0.1) is 17.5 Å². The Bertz CT molecular complexity index is 859. The molecule has 1 aromatic heterocycles. The molecule has 150 valence electrons. The van der Waals surface area contributed by atoms with E-state index in [0.29, 0.717) is 17.9 Å². The van der Waals surface area contributed by atoms with Crippen molar-refractivity contribution in [2.45, 2.75) is 45.7 Å². The second-order valence-electron chi connectivity index (χ2n) is 7.08. The standard InChI is InChI=1S/C13H16FNO.C5H11NO3S.2H2/c1-7(2)12(15)13-8(3)10-6-9(14)4-5-11(10)16-13;7-6-5-2-1-3-10(8,9)4-5;;/h4-7,12H,15H2,1-3H3;5-7H,1-4H2;2*1H/t12-;;;/m1.../s1. The van der Waals surface area contributed by atoms with E-state index in [-0.39, 0.29) is 32.3 Å². The maximum absolute atomic E-state index is 13.1. The van der Waals surface area contributed by atoms with Crippen LogP contribution in [0.3, 0.4) is 0 Å². The lowest BCUT2D eigenvalue weighted by Crippen LogP contribution is -2.38. The number of hydrogen-bond acceptors (Lipinski definition) is 6. The summed E-state index contributed by atoms with van der Waals surface area (Å²) in [6.07, 6.45) is 1.40. The molecule has 2 atom stereocenters. The fourth-order valence-electron chi connectivity index (χ4n) is 2.96. The number of rotatable bonds is 3. The molecule has 0 spiro atoms. The van der Waals surface area contributed by atoms with Crippen molar-refractivity contribution in [1.82, 2.24) is 5.48 Å². The van der Waals surface area contributed by atoms with Gasteiger partial charge < -0.3 is 15.4 Å². The van der Waals surface area contributed by atoms with Crippen LogP contribution in [0.4, 0.5) is 4.39 Å². The van der Waals surface area contributed by atoms with Crippen molar-refractivity contribution in [2.75, 3.05) is 11.5 Å². The molecule has 1 aliphatic rings. The zero-order chi connectivity index (χ0) is 19.5. The Kier molecular flexibility index (Phi) is 6.79. The highest BCUT2D eigenvalue weighted by atomic mass is 32.2. The molecule has 1 aromatic carbocycles. The van der Waals surface area contributed by atoms with Crippen LogP contribution in [0.1, 0.15) is 46.9 Å². The number of sulfone groups is 1. The minimum Gasteiger partial charge on any atom is -0.459 e. The Morgan fingerprint density at radius 3 is 2.65 bits per heavy atom. The van der Waals surface area contributed by atoms with E-state index in [1.165, 1.54) is 12.1 Å². The number of nitrogens with two attached hydrogens (primary N) is 1. The molecule has 3 rings (SSSR count). The van der Waals surface area contributed by atoms with E-state index in [0.717, 1.165) is 23.1 Å². The molecule has 1 fully saturated rings. The van der Waals surface area contributed by atoms with Crippen LogP contribution in [-0.4, -0.2) is 31.2 Å². The molecule has 1 saturated heterocycles. The van der Waals surface area contributed by atoms with Crippen molar-refractivity contribution in [3.63, 3.8) is 0 Å². The Balaban J connectivity index is 0.000000532. The number of nitrogens with one attached hydrogen (secondary N) is 1. The van der Waals surface area contributed by atoms with Gasteiger partial charge in [-0.2, -0.15) is 0 Å². The summed E-state index contributed by atoms with van der Waals surface area (Å²) in [5, 5.41) is 9.22. The zero-order valence-corrected chi connectivity index (χ0v) is 16.1. The van der Waals surface area contributed by atoms with E-state index in [1.807, 2.05) is 26.3 Å². The molecule has 0 radical (unpaired) electrons. The largest absolute Gasteiger partial charge is 0.459 e. The second kappa shape index (κ2) is 8.47. The summed E-state index contributed by atoms with van der Waals surface area (Å²) in [7, 11) is -2.87. The molecule has 1 unspecified atom stereocenters. The van der Waals surface area contributed by atoms with Crippen LogP contribution < -0.4 is 11.2 Å². The van der Waals surface area contributed by atoms with Gasteiger partial charge in [-0.05, 0) is 43.9 Å². The van der Waals surface area contributed by atoms with Crippen LogP contribution in [0.25, 0.3) is 11.0 Å². The third kappa shape index (κ3) is 5.03. The number of furan rings is 1. The minimum atomic E-state index is -2.87. The van der Waals surface area contributed by atoms with Gasteiger partial charge in [-0.1, -0.05) is 13.8 Å². The summed E-state index contributed by atoms with van der Waals surface area (Å²) in [5.41, 5.74) is 9.67. The monoisotopic (exact) mass is 390 g/mol. The fourth-order valence-corrected chi connectivity index (χ4v) is 4.58. The average Bonchev–Trinajstić information content (AvgIpc) is 2.90. The van der Waals surface area contributed by atoms with Gasteiger partial charge in [0.2, 0.25) is 0 Å². The lowest BCUT2D eigenvalue weighted by molar-refractivity contribution is 0.128. The Morgan fingerprint density at radius 1 is 1.42 bits per heavy atom. The molecule has 1 aliphatic heterocycles. The molecule has 6 nitrogen and oxygen atoms in total. The summed E-state index contributed by atoms with van der Waals surface area (Å²) in [6, 6.07) is 4.14. The third-order valence-electron chi connectivity index (χ3n) is 4.60. The first-order valence-electron chi connectivity index (χ1n) is 8.68. The van der Waals surface area contributed by atoms with Crippen LogP contribution in [-0.2, 0) is 9.84 Å². The van der Waals surface area contributed by atoms with Crippen molar-refractivity contribution in [3.05, 3.63) is 35.3 Å². The van der Waals surface area contributed by atoms with Crippen LogP contribution in [0.2, 0.25) is 0 Å². The van der Waals surface area contributed by atoms with Crippen LogP contribution >= 0.6 is 0 Å². The zero-order valence-electron chi connectivity index (χ0n) is 15.3. The van der Waals surface area contributed by atoms with Crippen molar-refractivity contribution < 1.29 is 25.3 Å². The Hall–Kier alpha value is -1.48. The van der Waals surface area contributed by atoms with Gasteiger partial charge in [0.1, 0.15) is 17.2 Å². The van der Waals surface area contributed by atoms with E-state index in [9.17, 15) is 12.8 Å². The highest BCUT2D eigenvalue weighted by molar-refractivity contribution is 7.91. The molecular weight excluding hydrogens is 359 g/mol. The van der Waals surface area contributed by atoms with Gasteiger partial charge in [0.15, 0.2) is 9.84 Å². The van der Waals surface area contributed by atoms with E-state index >= 15 is 0 Å². The topological polar surface area (TPSA) is 106 Å². The normalized spacial score (nSPS) is 20.7. The summed E-state index contributed by atoms with van der Waals surface area (Å²) in [4.78, 5) is 0. The molecule has 8 heteroatoms. The smallest absolute Gasteiger partial charge is 0.151 e. The van der Waals surface area contributed by atoms with Gasteiger partial charge in [0.25, 0.3) is 0 Å². The minimum absolute atomic E-state index is 0. The predicted octanol–water partition coefficient (Wildman–Crippen LogP) is 3.57. The molecule has 0 amide bonds. The number of benzene rings is 1. The number of halogens is 1. The van der Waals surface area contributed by atoms with E-state index < -0.39 is 9.84 Å². The SMILES string of the molecule is Cc1c([C@H](N)C(C)C)oc2ccc(F)cc12.O=S1(=O)CCCC(NO)C1.[HH].[HH]. The first kappa shape index (κ1) is 20.8. The average molecular weight is 391 g/mol. The van der Waals surface area contributed by atoms with E-state index in [4.69, 9.17) is 15.4 Å². The molecule has 0 saturated carbocycles. The Morgan fingerprint density at radius 2 is 2.12 bits per heavy atom. The highest BCUT2D eigenvalue weighted by Gasteiger charge is 2.23. The number of aryl methyl sites for hydroxylation is 1.